The molecule has 9 nitrogen and oxygen atoms in total. The van der Waals surface area contributed by atoms with E-state index in [1.165, 1.54) is 23.0 Å². The second kappa shape index (κ2) is 10.9. The van der Waals surface area contributed by atoms with Crippen LogP contribution in [0, 0.1) is 28.9 Å². The molecule has 0 unspecified atom stereocenters. The molecule has 5 aromatic rings. The van der Waals surface area contributed by atoms with Gasteiger partial charge in [-0.3, -0.25) is 4.98 Å². The number of halogens is 5. The number of nitriles is 1. The van der Waals surface area contributed by atoms with Gasteiger partial charge in [-0.05, 0) is 29.8 Å². The third-order valence-corrected chi connectivity index (χ3v) is 6.93. The predicted octanol–water partition coefficient (Wildman–Crippen LogP) is 5.85. The minimum absolute atomic E-state index is 0.0346. The highest BCUT2D eigenvalue weighted by Crippen LogP contribution is 2.37. The average molecular weight is 595 g/mol. The highest BCUT2D eigenvalue weighted by molar-refractivity contribution is 6.36. The van der Waals surface area contributed by atoms with Crippen LogP contribution < -0.4 is 10.6 Å². The molecule has 14 heteroatoms. The van der Waals surface area contributed by atoms with Gasteiger partial charge in [0.25, 0.3) is 0 Å². The Kier molecular flexibility index (Phi) is 7.09. The molecule has 6 rings (SSSR count). The lowest BCUT2D eigenvalue weighted by Gasteiger charge is -2.33. The molecule has 1 fully saturated rings. The zero-order valence-electron chi connectivity index (χ0n) is 21.5. The standard InChI is InChI=1S/C28H19ClF4N8O/c29-21-6-18(5-20-24(16(8-34)9-35-26(20)21)38-19-7-22(31)27(32)36-10-19)37-25(15-1-3-17(30)4-2-15)23-11-41(40-39-23)12-28(33)13-42-14-28/h1-7,9-11,25,37H,12-14H2,(H,35,38)/t25-/m0/s1. The van der Waals surface area contributed by atoms with Crippen molar-refractivity contribution >= 4 is 39.6 Å². The molecule has 4 heterocycles. The molecule has 0 saturated carbocycles. The molecule has 0 bridgehead atoms. The summed E-state index contributed by atoms with van der Waals surface area (Å²) in [5, 5.41) is 24.9. The second-order valence-electron chi connectivity index (χ2n) is 9.75. The molecular weight excluding hydrogens is 576 g/mol. The van der Waals surface area contributed by atoms with Gasteiger partial charge in [0.05, 0.1) is 65.7 Å². The minimum Gasteiger partial charge on any atom is -0.374 e. The van der Waals surface area contributed by atoms with Crippen LogP contribution in [-0.2, 0) is 11.3 Å². The normalized spacial score (nSPS) is 14.7. The van der Waals surface area contributed by atoms with Crippen molar-refractivity contribution in [3.63, 3.8) is 0 Å². The Labute approximate surface area is 240 Å². The summed E-state index contributed by atoms with van der Waals surface area (Å²) in [6.45, 7) is -0.116. The van der Waals surface area contributed by atoms with E-state index in [2.05, 4.69) is 30.9 Å². The van der Waals surface area contributed by atoms with Crippen LogP contribution >= 0.6 is 11.6 Å². The lowest BCUT2D eigenvalue weighted by atomic mass is 10.0. The number of rotatable bonds is 8. The van der Waals surface area contributed by atoms with Gasteiger partial charge >= 0.3 is 0 Å². The molecule has 2 aromatic carbocycles. The summed E-state index contributed by atoms with van der Waals surface area (Å²) in [5.41, 5.74) is 0.727. The quantitative estimate of drug-likeness (QED) is 0.170. The van der Waals surface area contributed by atoms with Gasteiger partial charge in [0.2, 0.25) is 5.95 Å². The van der Waals surface area contributed by atoms with Gasteiger partial charge in [-0.1, -0.05) is 28.9 Å². The summed E-state index contributed by atoms with van der Waals surface area (Å²) in [4.78, 5) is 7.68. The molecular formula is C28H19ClF4N8O. The van der Waals surface area contributed by atoms with Gasteiger partial charge in [-0.25, -0.2) is 22.8 Å². The maximum atomic E-state index is 14.6. The fourth-order valence-electron chi connectivity index (χ4n) is 4.57. The molecule has 2 N–H and O–H groups in total. The average Bonchev–Trinajstić information content (AvgIpc) is 3.41. The highest BCUT2D eigenvalue weighted by Gasteiger charge is 2.39. The van der Waals surface area contributed by atoms with Crippen molar-refractivity contribution in [2.24, 2.45) is 0 Å². The molecule has 0 radical (unpaired) electrons. The third kappa shape index (κ3) is 5.41. The van der Waals surface area contributed by atoms with E-state index in [-0.39, 0.29) is 41.7 Å². The number of fused-ring (bicyclic) bond motifs is 1. The highest BCUT2D eigenvalue weighted by atomic mass is 35.5. The van der Waals surface area contributed by atoms with Gasteiger partial charge in [0.1, 0.15) is 17.6 Å². The summed E-state index contributed by atoms with van der Waals surface area (Å²) in [7, 11) is 0. The van der Waals surface area contributed by atoms with Crippen molar-refractivity contribution in [2.45, 2.75) is 18.3 Å². The first-order valence-electron chi connectivity index (χ1n) is 12.5. The largest absolute Gasteiger partial charge is 0.374 e. The monoisotopic (exact) mass is 594 g/mol. The Morgan fingerprint density at radius 2 is 1.86 bits per heavy atom. The van der Waals surface area contributed by atoms with Crippen LogP contribution in [0.25, 0.3) is 10.9 Å². The zero-order valence-corrected chi connectivity index (χ0v) is 22.2. The van der Waals surface area contributed by atoms with E-state index in [0.717, 1.165) is 12.3 Å². The van der Waals surface area contributed by atoms with Gasteiger partial charge in [0.15, 0.2) is 11.5 Å². The summed E-state index contributed by atoms with van der Waals surface area (Å²) in [5.74, 6) is -2.87. The van der Waals surface area contributed by atoms with Gasteiger partial charge < -0.3 is 15.4 Å². The third-order valence-electron chi connectivity index (χ3n) is 6.64. The fraction of sp³-hybridized carbons (Fsp3) is 0.179. The van der Waals surface area contributed by atoms with Crippen LogP contribution in [0.2, 0.25) is 5.02 Å². The summed E-state index contributed by atoms with van der Waals surface area (Å²) in [6.07, 6.45) is 3.98. The number of alkyl halides is 1. The van der Waals surface area contributed by atoms with Crippen LogP contribution in [-0.4, -0.2) is 43.8 Å². The first-order valence-corrected chi connectivity index (χ1v) is 12.9. The maximum absolute atomic E-state index is 14.6. The number of hydrogen-bond donors (Lipinski definition) is 2. The molecule has 1 saturated heterocycles. The molecule has 0 aliphatic carbocycles. The number of pyridine rings is 2. The molecule has 1 aliphatic heterocycles. The molecule has 212 valence electrons. The van der Waals surface area contributed by atoms with E-state index in [9.17, 15) is 22.8 Å². The van der Waals surface area contributed by atoms with E-state index in [1.54, 1.807) is 30.5 Å². The van der Waals surface area contributed by atoms with E-state index in [0.29, 0.717) is 27.8 Å². The minimum atomic E-state index is -1.53. The van der Waals surface area contributed by atoms with Crippen molar-refractivity contribution < 1.29 is 22.3 Å². The maximum Gasteiger partial charge on any atom is 0.249 e. The summed E-state index contributed by atoms with van der Waals surface area (Å²) < 4.78 is 62.0. The van der Waals surface area contributed by atoms with Crippen molar-refractivity contribution in [2.75, 3.05) is 23.8 Å². The number of aromatic nitrogens is 5. The van der Waals surface area contributed by atoms with E-state index in [1.807, 2.05) is 6.07 Å². The van der Waals surface area contributed by atoms with Crippen molar-refractivity contribution in [1.29, 1.82) is 5.26 Å². The van der Waals surface area contributed by atoms with Crippen molar-refractivity contribution in [3.05, 3.63) is 100 Å². The summed E-state index contributed by atoms with van der Waals surface area (Å²) in [6, 6.07) is 11.3. The first-order chi connectivity index (χ1) is 20.2. The van der Waals surface area contributed by atoms with Crippen molar-refractivity contribution in [3.8, 4) is 6.07 Å². The first kappa shape index (κ1) is 27.4. The van der Waals surface area contributed by atoms with Crippen LogP contribution in [0.4, 0.5) is 34.6 Å². The number of ether oxygens (including phenoxy) is 1. The topological polar surface area (TPSA) is 114 Å². The lowest BCUT2D eigenvalue weighted by Crippen LogP contribution is -2.48. The number of anilines is 3. The molecule has 1 atom stereocenters. The Balaban J connectivity index is 1.40. The smallest absolute Gasteiger partial charge is 0.249 e. The second-order valence-corrected chi connectivity index (χ2v) is 10.2. The molecule has 1 aliphatic rings. The van der Waals surface area contributed by atoms with Gasteiger partial charge in [-0.2, -0.15) is 9.65 Å². The van der Waals surface area contributed by atoms with E-state index in [4.69, 9.17) is 16.3 Å². The SMILES string of the molecule is N#Cc1cnc2c(Cl)cc(N[C@@H](c3ccc(F)cc3)c3cn(CC4(F)COC4)nn3)cc2c1Nc1cnc(F)c(F)c1. The molecule has 0 amide bonds. The van der Waals surface area contributed by atoms with Gasteiger partial charge in [0, 0.05) is 23.3 Å². The van der Waals surface area contributed by atoms with Crippen LogP contribution in [0.3, 0.4) is 0 Å². The molecule has 0 spiro atoms. The Morgan fingerprint density at radius 3 is 2.55 bits per heavy atom. The molecule has 42 heavy (non-hydrogen) atoms. The molecule has 3 aromatic heterocycles. The van der Waals surface area contributed by atoms with Crippen LogP contribution in [0.1, 0.15) is 22.9 Å². The van der Waals surface area contributed by atoms with Gasteiger partial charge in [-0.15, -0.1) is 5.10 Å². The van der Waals surface area contributed by atoms with Crippen LogP contribution in [0.5, 0.6) is 0 Å². The Morgan fingerprint density at radius 1 is 1.07 bits per heavy atom. The Bertz CT molecular complexity index is 1840. The van der Waals surface area contributed by atoms with Crippen LogP contribution in [0.15, 0.2) is 61.1 Å². The summed E-state index contributed by atoms with van der Waals surface area (Å²) >= 11 is 6.60. The number of benzene rings is 2. The zero-order chi connectivity index (χ0) is 29.4. The predicted molar refractivity (Wildman–Crippen MR) is 145 cm³/mol. The lowest BCUT2D eigenvalue weighted by molar-refractivity contribution is -0.138. The fourth-order valence-corrected chi connectivity index (χ4v) is 4.84. The number of nitrogens with zero attached hydrogens (tertiary/aromatic N) is 6. The van der Waals surface area contributed by atoms with E-state index >= 15 is 0 Å². The van der Waals surface area contributed by atoms with E-state index < -0.39 is 29.3 Å². The van der Waals surface area contributed by atoms with Crippen molar-refractivity contribution in [1.82, 2.24) is 25.0 Å². The number of hydrogen-bond acceptors (Lipinski definition) is 8. The Hall–Kier alpha value is -4.80. The number of nitrogens with one attached hydrogen (secondary N) is 2.